The molecule has 0 aliphatic carbocycles. The number of amides is 1. The van der Waals surface area contributed by atoms with Gasteiger partial charge < -0.3 is 9.88 Å². The van der Waals surface area contributed by atoms with Gasteiger partial charge in [0.1, 0.15) is 5.82 Å². The third-order valence-electron chi connectivity index (χ3n) is 4.86. The van der Waals surface area contributed by atoms with Crippen LogP contribution in [0.4, 0.5) is 5.69 Å². The van der Waals surface area contributed by atoms with Crippen molar-refractivity contribution in [3.8, 4) is 0 Å². The highest BCUT2D eigenvalue weighted by Crippen LogP contribution is 2.27. The summed E-state index contributed by atoms with van der Waals surface area (Å²) >= 11 is 15.2. The van der Waals surface area contributed by atoms with Crippen LogP contribution >= 0.6 is 46.7 Å². The summed E-state index contributed by atoms with van der Waals surface area (Å²) in [5.74, 6) is 2.47. The number of carbonyl (C=O) groups is 1. The third kappa shape index (κ3) is 7.03. The fraction of sp³-hybridized carbons (Fsp3) is 0.292. The molecule has 0 saturated heterocycles. The zero-order valence-electron chi connectivity index (χ0n) is 18.8. The van der Waals surface area contributed by atoms with Gasteiger partial charge >= 0.3 is 0 Å². The number of nitrogens with zero attached hydrogens (tertiary/aromatic N) is 3. The molecule has 1 heterocycles. The lowest BCUT2D eigenvalue weighted by molar-refractivity contribution is -0.113. The minimum atomic E-state index is -0.0706. The lowest BCUT2D eigenvalue weighted by Gasteiger charge is -2.13. The zero-order valence-corrected chi connectivity index (χ0v) is 22.0. The molecule has 0 fully saturated rings. The van der Waals surface area contributed by atoms with Gasteiger partial charge in [-0.15, -0.1) is 28.5 Å². The normalized spacial score (nSPS) is 10.9. The first-order valence-electron chi connectivity index (χ1n) is 10.3. The maximum atomic E-state index is 12.6. The van der Waals surface area contributed by atoms with Gasteiger partial charge in [0.2, 0.25) is 5.91 Å². The van der Waals surface area contributed by atoms with Gasteiger partial charge in [0, 0.05) is 18.0 Å². The highest BCUT2D eigenvalue weighted by molar-refractivity contribution is 7.99. The van der Waals surface area contributed by atoms with Crippen LogP contribution < -0.4 is 5.32 Å². The van der Waals surface area contributed by atoms with Gasteiger partial charge in [-0.25, -0.2) is 0 Å². The Morgan fingerprint density at radius 3 is 2.48 bits per heavy atom. The Kier molecular flexibility index (Phi) is 9.32. The molecule has 0 saturated carbocycles. The van der Waals surface area contributed by atoms with Gasteiger partial charge in [-0.2, -0.15) is 0 Å². The highest BCUT2D eigenvalue weighted by Gasteiger charge is 2.15. The Morgan fingerprint density at radius 1 is 1.09 bits per heavy atom. The molecule has 5 nitrogen and oxygen atoms in total. The predicted molar refractivity (Wildman–Crippen MR) is 142 cm³/mol. The van der Waals surface area contributed by atoms with Crippen molar-refractivity contribution in [2.45, 2.75) is 44.0 Å². The fourth-order valence-corrected chi connectivity index (χ4v) is 5.42. The van der Waals surface area contributed by atoms with Gasteiger partial charge in [-0.05, 0) is 49.6 Å². The van der Waals surface area contributed by atoms with Crippen LogP contribution in [0.25, 0.3) is 0 Å². The minimum Gasteiger partial charge on any atom is -0.325 e. The van der Waals surface area contributed by atoms with E-state index in [0.717, 1.165) is 34.0 Å². The first-order chi connectivity index (χ1) is 15.8. The van der Waals surface area contributed by atoms with Crippen molar-refractivity contribution in [3.63, 3.8) is 0 Å². The van der Waals surface area contributed by atoms with Gasteiger partial charge in [-0.3, -0.25) is 4.79 Å². The molecule has 3 rings (SSSR count). The summed E-state index contributed by atoms with van der Waals surface area (Å²) in [7, 11) is 0. The monoisotopic (exact) mass is 520 g/mol. The van der Waals surface area contributed by atoms with Crippen LogP contribution in [0.5, 0.6) is 0 Å². The summed E-state index contributed by atoms with van der Waals surface area (Å²) in [6.07, 6.45) is 1.81. The number of benzene rings is 2. The fourth-order valence-electron chi connectivity index (χ4n) is 3.42. The van der Waals surface area contributed by atoms with E-state index in [9.17, 15) is 4.79 Å². The number of anilines is 1. The van der Waals surface area contributed by atoms with Crippen molar-refractivity contribution >= 4 is 58.3 Å². The first-order valence-corrected chi connectivity index (χ1v) is 13.2. The van der Waals surface area contributed by atoms with Gasteiger partial charge in [0.05, 0.1) is 21.6 Å². The molecule has 0 atom stereocenters. The average molecular weight is 522 g/mol. The highest BCUT2D eigenvalue weighted by atomic mass is 35.5. The molecule has 0 aliphatic rings. The van der Waals surface area contributed by atoms with Gasteiger partial charge in [0.15, 0.2) is 5.16 Å². The molecule has 3 aromatic rings. The Bertz CT molecular complexity index is 1140. The molecule has 0 radical (unpaired) electrons. The van der Waals surface area contributed by atoms with Crippen LogP contribution in [0.15, 0.2) is 48.1 Å². The summed E-state index contributed by atoms with van der Waals surface area (Å²) in [5, 5.41) is 13.5. The molecule has 1 N–H and O–H groups in total. The van der Waals surface area contributed by atoms with E-state index in [1.165, 1.54) is 17.3 Å². The first kappa shape index (κ1) is 25.7. The van der Waals surface area contributed by atoms with Gasteiger partial charge in [-0.1, -0.05) is 64.8 Å². The number of rotatable bonds is 10. The second-order valence-electron chi connectivity index (χ2n) is 7.65. The van der Waals surface area contributed by atoms with Crippen LogP contribution in [-0.2, 0) is 22.8 Å². The number of carbonyl (C=O) groups excluding carboxylic acids is 1. The molecule has 1 aromatic heterocycles. The van der Waals surface area contributed by atoms with Crippen LogP contribution in [0.3, 0.4) is 0 Å². The topological polar surface area (TPSA) is 59.8 Å². The quantitative estimate of drug-likeness (QED) is 0.233. The molecule has 0 aliphatic heterocycles. The van der Waals surface area contributed by atoms with Crippen molar-refractivity contribution < 1.29 is 4.79 Å². The largest absolute Gasteiger partial charge is 0.325 e. The van der Waals surface area contributed by atoms with Crippen molar-refractivity contribution in [2.24, 2.45) is 0 Å². The number of aromatic nitrogens is 3. The molecule has 2 aromatic carbocycles. The molecular formula is C24H26Cl2N4OS2. The Morgan fingerprint density at radius 2 is 1.82 bits per heavy atom. The molecular weight excluding hydrogens is 495 g/mol. The molecule has 174 valence electrons. The van der Waals surface area contributed by atoms with Crippen molar-refractivity contribution in [2.75, 3.05) is 11.1 Å². The van der Waals surface area contributed by atoms with E-state index in [-0.39, 0.29) is 11.7 Å². The lowest BCUT2D eigenvalue weighted by Crippen LogP contribution is -2.16. The van der Waals surface area contributed by atoms with Crippen molar-refractivity contribution in [1.29, 1.82) is 0 Å². The Balaban J connectivity index is 1.60. The smallest absolute Gasteiger partial charge is 0.234 e. The summed E-state index contributed by atoms with van der Waals surface area (Å²) in [5.41, 5.74) is 5.26. The number of allylic oxidation sites excluding steroid dienone is 1. The summed E-state index contributed by atoms with van der Waals surface area (Å²) in [6.45, 7) is 10.5. The predicted octanol–water partition coefficient (Wildman–Crippen LogP) is 6.86. The Labute approximate surface area is 213 Å². The number of thioether (sulfide) groups is 2. The SMILES string of the molecule is C=CCn1c(CSCc2ccc(Cl)c(Cl)c2)nnc1SCC(=O)Nc1c(C)cc(C)cc1C. The Hall–Kier alpha value is -1.93. The maximum absolute atomic E-state index is 12.6. The number of halogens is 2. The second-order valence-corrected chi connectivity index (χ2v) is 10.4. The standard InChI is InChI=1S/C24H26Cl2N4OS2/c1-5-8-30-21(13-32-12-18-6-7-19(25)20(26)11-18)28-29-24(30)33-14-22(31)27-23-16(3)9-15(2)10-17(23)4/h5-7,9-11H,1,8,12-14H2,2-4H3,(H,27,31). The molecule has 33 heavy (non-hydrogen) atoms. The molecule has 0 bridgehead atoms. The molecule has 0 unspecified atom stereocenters. The van der Waals surface area contributed by atoms with E-state index in [1.807, 2.05) is 37.5 Å². The van der Waals surface area contributed by atoms with Crippen LogP contribution in [0, 0.1) is 20.8 Å². The number of hydrogen-bond donors (Lipinski definition) is 1. The van der Waals surface area contributed by atoms with Crippen LogP contribution in [0.1, 0.15) is 28.1 Å². The summed E-state index contributed by atoms with van der Waals surface area (Å²) in [4.78, 5) is 12.6. The van der Waals surface area contributed by atoms with E-state index in [2.05, 4.69) is 34.2 Å². The molecule has 9 heteroatoms. The number of hydrogen-bond acceptors (Lipinski definition) is 5. The van der Waals surface area contributed by atoms with E-state index in [4.69, 9.17) is 23.2 Å². The van der Waals surface area contributed by atoms with Crippen LogP contribution in [-0.4, -0.2) is 26.4 Å². The van der Waals surface area contributed by atoms with E-state index in [0.29, 0.717) is 27.5 Å². The van der Waals surface area contributed by atoms with Gasteiger partial charge in [0.25, 0.3) is 0 Å². The zero-order chi connectivity index (χ0) is 24.0. The molecule has 1 amide bonds. The van der Waals surface area contributed by atoms with Crippen molar-refractivity contribution in [3.05, 3.63) is 81.1 Å². The van der Waals surface area contributed by atoms with E-state index < -0.39 is 0 Å². The molecule has 0 spiro atoms. The number of aryl methyl sites for hydroxylation is 3. The van der Waals surface area contributed by atoms with E-state index in [1.54, 1.807) is 23.9 Å². The minimum absolute atomic E-state index is 0.0706. The van der Waals surface area contributed by atoms with E-state index >= 15 is 0 Å². The third-order valence-corrected chi connectivity index (χ3v) is 7.57. The average Bonchev–Trinajstić information content (AvgIpc) is 3.13. The maximum Gasteiger partial charge on any atom is 0.234 e. The number of nitrogens with one attached hydrogen (secondary N) is 1. The van der Waals surface area contributed by atoms with Crippen molar-refractivity contribution in [1.82, 2.24) is 14.8 Å². The second kappa shape index (κ2) is 12.0. The van der Waals surface area contributed by atoms with Crippen LogP contribution in [0.2, 0.25) is 10.0 Å². The summed E-state index contributed by atoms with van der Waals surface area (Å²) in [6, 6.07) is 9.78. The lowest BCUT2D eigenvalue weighted by atomic mass is 10.1. The summed E-state index contributed by atoms with van der Waals surface area (Å²) < 4.78 is 2.00.